The maximum Gasteiger partial charge on any atom is 0.410 e. The molecular weight excluding hydrogens is 1410 g/mol. The molecule has 0 unspecified atom stereocenters. The Morgan fingerprint density at radius 3 is 1.22 bits per heavy atom. The Balaban J connectivity index is 0.000000241. The van der Waals surface area contributed by atoms with Gasteiger partial charge in [0.1, 0.15) is 59.6 Å². The predicted octanol–water partition coefficient (Wildman–Crippen LogP) is 12.9. The van der Waals surface area contributed by atoms with E-state index < -0.39 is 53.4 Å². The average molecular weight is 1510 g/mol. The lowest BCUT2D eigenvalue weighted by Gasteiger charge is -2.33. The molecular formula is C66H94Cl3F2N11O16S2. The van der Waals surface area contributed by atoms with E-state index in [-0.39, 0.29) is 95.9 Å². The maximum atomic E-state index is 14.8. The number of halogens is 5. The Morgan fingerprint density at radius 1 is 0.530 bits per heavy atom. The molecule has 3 saturated heterocycles. The van der Waals surface area contributed by atoms with Crippen molar-refractivity contribution >= 4 is 89.9 Å². The summed E-state index contributed by atoms with van der Waals surface area (Å²) in [6.45, 7) is 24.1. The Hall–Kier alpha value is -7.32. The van der Waals surface area contributed by atoms with E-state index in [9.17, 15) is 45.1 Å². The number of nitrogens with one attached hydrogen (secondary N) is 1. The van der Waals surface area contributed by atoms with Crippen LogP contribution >= 0.6 is 34.8 Å². The first-order chi connectivity index (χ1) is 46.8. The van der Waals surface area contributed by atoms with Gasteiger partial charge in [-0.2, -0.15) is 9.97 Å². The molecule has 0 spiro atoms. The van der Waals surface area contributed by atoms with Crippen molar-refractivity contribution in [2.24, 2.45) is 0 Å². The number of rotatable bonds is 13. The minimum atomic E-state index is -3.50. The van der Waals surface area contributed by atoms with Crippen molar-refractivity contribution in [2.75, 3.05) is 71.6 Å². The van der Waals surface area contributed by atoms with Gasteiger partial charge in [0.15, 0.2) is 46.7 Å². The van der Waals surface area contributed by atoms with Gasteiger partial charge in [-0.05, 0) is 137 Å². The highest BCUT2D eigenvalue weighted by Crippen LogP contribution is 2.39. The fraction of sp³-hybridized carbons (Fsp3) is 0.591. The van der Waals surface area contributed by atoms with Gasteiger partial charge in [-0.1, -0.05) is 55.1 Å². The number of hydrogen-bond acceptors (Lipinski definition) is 24. The van der Waals surface area contributed by atoms with Gasteiger partial charge in [-0.15, -0.1) is 0 Å². The SMILES string of the molecule is CC(C)(C)OC(=O)N1CCC(O)CC1.CCC.COc1c(Cl)ncnc1Cl.COc1c(Cl)ncnc1OC1CCN(C(=O)OC(C)(C)C)CC1.COc1c(Nc2ccc(S(=O)(=O)C3CC3)cc2F)ncnc1OC1CCN(C(=O)OC(C)(C)C)CC1.Nc1ccc(S(=O)(=O)C2CC2)cc1F. The Morgan fingerprint density at radius 2 is 0.870 bits per heavy atom. The van der Waals surface area contributed by atoms with Crippen LogP contribution in [0.1, 0.15) is 147 Å². The molecule has 2 aromatic carbocycles. The molecule has 2 saturated carbocycles. The third-order valence-corrected chi connectivity index (χ3v) is 19.8. The number of benzene rings is 2. The number of sulfone groups is 2. The van der Waals surface area contributed by atoms with Gasteiger partial charge >= 0.3 is 18.3 Å². The zero-order valence-electron chi connectivity index (χ0n) is 59.0. The molecule has 0 radical (unpaired) electrons. The molecule has 0 bridgehead atoms. The molecule has 4 N–H and O–H groups in total. The largest absolute Gasteiger partial charge is 0.491 e. The topological polar surface area (TPSA) is 339 Å². The van der Waals surface area contributed by atoms with Gasteiger partial charge in [0.05, 0.1) is 59.1 Å². The highest BCUT2D eigenvalue weighted by atomic mass is 35.5. The number of aromatic nitrogens is 6. The summed E-state index contributed by atoms with van der Waals surface area (Å²) in [5, 5.41) is 12.0. The monoisotopic (exact) mass is 1500 g/mol. The van der Waals surface area contributed by atoms with Crippen LogP contribution in [0, 0.1) is 11.6 Å². The molecule has 34 heteroatoms. The predicted molar refractivity (Wildman–Crippen MR) is 374 cm³/mol. The Labute approximate surface area is 599 Å². The van der Waals surface area contributed by atoms with Gasteiger partial charge < -0.3 is 68.8 Å². The second kappa shape index (κ2) is 37.6. The van der Waals surface area contributed by atoms with Crippen LogP contribution in [-0.4, -0.2) is 191 Å². The fourth-order valence-electron chi connectivity index (χ4n) is 9.19. The molecule has 0 atom stereocenters. The molecule has 3 amide bonds. The summed E-state index contributed by atoms with van der Waals surface area (Å²) in [4.78, 5) is 64.4. The Bertz CT molecular complexity index is 3710. The first-order valence-corrected chi connectivity index (χ1v) is 36.8. The molecule has 6 heterocycles. The number of carbonyl (C=O) groups is 3. The highest BCUT2D eigenvalue weighted by molar-refractivity contribution is 7.92. The van der Waals surface area contributed by atoms with Crippen molar-refractivity contribution in [3.8, 4) is 29.0 Å². The summed E-state index contributed by atoms with van der Waals surface area (Å²) in [7, 11) is -2.44. The first kappa shape index (κ1) is 83.3. The molecule has 5 aromatic rings. The number of aliphatic hydroxyl groups excluding tert-OH is 1. The van der Waals surface area contributed by atoms with Crippen LogP contribution in [0.4, 0.5) is 40.4 Å². The number of piperidine rings is 3. The zero-order chi connectivity index (χ0) is 74.5. The zero-order valence-corrected chi connectivity index (χ0v) is 62.9. The minimum absolute atomic E-state index is 0.0280. The van der Waals surface area contributed by atoms with E-state index in [4.69, 9.17) is 78.4 Å². The van der Waals surface area contributed by atoms with E-state index in [0.717, 1.165) is 12.1 Å². The molecule has 2 aliphatic carbocycles. The molecule has 10 rings (SSSR count). The number of anilines is 3. The number of ether oxygens (including phenoxy) is 8. The number of nitrogen functional groups attached to an aromatic ring is 1. The van der Waals surface area contributed by atoms with Crippen molar-refractivity contribution in [1.29, 1.82) is 0 Å². The van der Waals surface area contributed by atoms with Crippen molar-refractivity contribution in [3.05, 3.63) is 82.5 Å². The molecule has 3 aliphatic heterocycles. The summed E-state index contributed by atoms with van der Waals surface area (Å²) >= 11 is 17.1. The standard InChI is InChI=1S/C24H31FN4O6S.C15H22ClN3O4.C10H19NO3.C9H10FNO2S.C5H4Cl2N2O.C3H8/c1-24(2,3)35-23(30)29-11-9-15(10-12-29)34-22-20(33-4)21(26-14-27-22)28-19-8-7-17(13-18(19)25)36(31,32)16-5-6-16;1-15(2,3)23-14(20)19-7-5-10(6-8-19)22-13-11(21-4)12(16)17-9-18-13;1-10(2,3)14-9(13)11-6-4-8(12)5-7-11;10-8-5-7(3-4-9(8)11)14(12,13)6-1-2-6;1-10-3-4(6)8-2-9-5(3)7;1-3-2/h7-8,13-16H,5-6,9-12H2,1-4H3,(H,26,27,28);9-10H,5-8H2,1-4H3;8,12H,4-7H2,1-3H3;3-6H,1-2,11H2;2H,1H3;3H2,1-2H3. The first-order valence-electron chi connectivity index (χ1n) is 32.5. The number of nitrogens with two attached hydrogens (primary N) is 1. The van der Waals surface area contributed by atoms with Crippen molar-refractivity contribution in [2.45, 2.75) is 202 Å². The van der Waals surface area contributed by atoms with Gasteiger partial charge in [-0.3, -0.25) is 0 Å². The second-order valence-electron chi connectivity index (χ2n) is 26.5. The normalized spacial score (nSPS) is 16.1. The second-order valence-corrected chi connectivity index (χ2v) is 32.0. The number of hydrogen-bond donors (Lipinski definition) is 3. The molecule has 27 nitrogen and oxygen atoms in total. The lowest BCUT2D eigenvalue weighted by molar-refractivity contribution is 0.00932. The Kier molecular flexibility index (Phi) is 31.3. The number of amides is 3. The van der Waals surface area contributed by atoms with E-state index in [1.807, 2.05) is 62.3 Å². The van der Waals surface area contributed by atoms with Crippen molar-refractivity contribution in [1.82, 2.24) is 44.6 Å². The van der Waals surface area contributed by atoms with Crippen LogP contribution in [0.25, 0.3) is 0 Å². The summed E-state index contributed by atoms with van der Waals surface area (Å²) in [6, 6.07) is 7.38. The number of likely N-dealkylation sites (tertiary alicyclic amines) is 3. The third kappa shape index (κ3) is 26.6. The van der Waals surface area contributed by atoms with Crippen molar-refractivity contribution < 1.29 is 83.0 Å². The summed E-state index contributed by atoms with van der Waals surface area (Å²) in [5.41, 5.74) is 3.78. The van der Waals surface area contributed by atoms with Gasteiger partial charge in [0.25, 0.3) is 11.8 Å². The smallest absolute Gasteiger partial charge is 0.410 e. The van der Waals surface area contributed by atoms with Crippen LogP contribution in [0.5, 0.6) is 29.0 Å². The molecule has 3 aromatic heterocycles. The maximum absolute atomic E-state index is 14.8. The third-order valence-electron chi connectivity index (χ3n) is 14.4. The van der Waals surface area contributed by atoms with Crippen LogP contribution in [0.3, 0.4) is 0 Å². The number of methoxy groups -OCH3 is 3. The number of nitrogens with zero attached hydrogens (tertiary/aromatic N) is 9. The lowest BCUT2D eigenvalue weighted by Crippen LogP contribution is -2.44. The van der Waals surface area contributed by atoms with Crippen LogP contribution in [0.2, 0.25) is 15.5 Å². The van der Waals surface area contributed by atoms with Crippen LogP contribution < -0.4 is 34.7 Å². The van der Waals surface area contributed by atoms with E-state index in [0.29, 0.717) is 121 Å². The fourth-order valence-corrected chi connectivity index (χ4v) is 13.2. The van der Waals surface area contributed by atoms with E-state index in [1.54, 1.807) is 14.7 Å². The van der Waals surface area contributed by atoms with E-state index in [1.165, 1.54) is 71.0 Å². The quantitative estimate of drug-likeness (QED) is 0.0560. The van der Waals surface area contributed by atoms with Crippen molar-refractivity contribution in [3.63, 3.8) is 0 Å². The molecule has 556 valence electrons. The molecule has 100 heavy (non-hydrogen) atoms. The molecule has 5 aliphatic rings. The van der Waals surface area contributed by atoms with Crippen LogP contribution in [0.15, 0.2) is 65.2 Å². The average Bonchev–Trinajstić information content (AvgIpc) is 1.67. The molecule has 5 fully saturated rings. The van der Waals surface area contributed by atoms with Gasteiger partial charge in [0, 0.05) is 65.0 Å². The summed E-state index contributed by atoms with van der Waals surface area (Å²) in [6.07, 6.45) is 10.0. The van der Waals surface area contributed by atoms with E-state index in [2.05, 4.69) is 49.1 Å². The van der Waals surface area contributed by atoms with Gasteiger partial charge in [0.2, 0.25) is 11.5 Å². The number of carbonyl (C=O) groups excluding carboxylic acids is 3. The summed E-state index contributed by atoms with van der Waals surface area (Å²) < 4.78 is 119. The number of aliphatic hydroxyl groups is 1. The van der Waals surface area contributed by atoms with E-state index >= 15 is 0 Å². The highest BCUT2D eigenvalue weighted by Gasteiger charge is 2.39. The summed E-state index contributed by atoms with van der Waals surface area (Å²) in [5.74, 6) is 0.0875. The van der Waals surface area contributed by atoms with Gasteiger partial charge in [-0.25, -0.2) is 59.9 Å². The lowest BCUT2D eigenvalue weighted by atomic mass is 10.1. The minimum Gasteiger partial charge on any atom is -0.491 e. The van der Waals surface area contributed by atoms with Crippen LogP contribution in [-0.2, 0) is 33.9 Å².